The first-order valence-corrected chi connectivity index (χ1v) is 9.51. The highest BCUT2D eigenvalue weighted by Crippen LogP contribution is 2.21. The third-order valence-corrected chi connectivity index (χ3v) is 6.11. The molecule has 0 bridgehead atoms. The van der Waals surface area contributed by atoms with Crippen LogP contribution in [0.4, 0.5) is 13.2 Å². The Labute approximate surface area is 152 Å². The molecule has 0 spiro atoms. The summed E-state index contributed by atoms with van der Waals surface area (Å²) in [6, 6.07) is 8.52. The van der Waals surface area contributed by atoms with Gasteiger partial charge in [0.2, 0.25) is 10.0 Å². The van der Waals surface area contributed by atoms with Crippen LogP contribution in [0.2, 0.25) is 0 Å². The van der Waals surface area contributed by atoms with Crippen molar-refractivity contribution in [1.29, 1.82) is 0 Å². The maximum absolute atomic E-state index is 12.1. The lowest BCUT2D eigenvalue weighted by Crippen LogP contribution is -2.22. The molecule has 11 heteroatoms. The fraction of sp³-hybridized carbons (Fsp3) is 0.267. The third-order valence-electron chi connectivity index (χ3n) is 3.12. The fourth-order valence-corrected chi connectivity index (χ4v) is 3.89. The first-order chi connectivity index (χ1) is 12.1. The van der Waals surface area contributed by atoms with Crippen LogP contribution in [-0.2, 0) is 16.6 Å². The van der Waals surface area contributed by atoms with Crippen LogP contribution in [0, 0.1) is 0 Å². The van der Waals surface area contributed by atoms with Crippen LogP contribution in [0.15, 0.2) is 40.6 Å². The predicted octanol–water partition coefficient (Wildman–Crippen LogP) is 2.53. The normalized spacial score (nSPS) is 12.0. The van der Waals surface area contributed by atoms with E-state index in [2.05, 4.69) is 14.8 Å². The highest BCUT2D eigenvalue weighted by atomic mass is 32.2. The van der Waals surface area contributed by atoms with Gasteiger partial charge in [0.15, 0.2) is 6.61 Å². The van der Waals surface area contributed by atoms with Crippen molar-refractivity contribution in [1.82, 2.24) is 10.0 Å². The molecule has 6 nitrogen and oxygen atoms in total. The highest BCUT2D eigenvalue weighted by molar-refractivity contribution is 7.91. The number of carbonyl (C=O) groups excluding carboxylic acids is 1. The molecule has 0 aliphatic rings. The van der Waals surface area contributed by atoms with Gasteiger partial charge in [-0.2, -0.15) is 13.2 Å². The summed E-state index contributed by atoms with van der Waals surface area (Å²) in [7, 11) is -2.33. The zero-order chi connectivity index (χ0) is 19.4. The number of halogens is 3. The Morgan fingerprint density at radius 3 is 2.38 bits per heavy atom. The van der Waals surface area contributed by atoms with E-state index in [1.165, 1.54) is 43.4 Å². The van der Waals surface area contributed by atoms with Crippen molar-refractivity contribution in [3.63, 3.8) is 0 Å². The number of benzene rings is 1. The second kappa shape index (κ2) is 8.06. The van der Waals surface area contributed by atoms with E-state index in [4.69, 9.17) is 0 Å². The van der Waals surface area contributed by atoms with Crippen molar-refractivity contribution in [2.24, 2.45) is 0 Å². The number of amides is 1. The number of hydrogen-bond donors (Lipinski definition) is 2. The monoisotopic (exact) mass is 408 g/mol. The number of hydrogen-bond acceptors (Lipinski definition) is 5. The summed E-state index contributed by atoms with van der Waals surface area (Å²) in [5.74, 6) is -0.387. The van der Waals surface area contributed by atoms with Crippen LogP contribution >= 0.6 is 11.3 Å². The molecule has 142 valence electrons. The van der Waals surface area contributed by atoms with E-state index in [0.29, 0.717) is 5.56 Å². The molecule has 2 rings (SSSR count). The first-order valence-electron chi connectivity index (χ1n) is 7.21. The molecule has 0 aliphatic carbocycles. The van der Waals surface area contributed by atoms with E-state index in [1.54, 1.807) is 0 Å². The van der Waals surface area contributed by atoms with E-state index in [-0.39, 0.29) is 21.4 Å². The Kier molecular flexibility index (Phi) is 6.26. The minimum absolute atomic E-state index is 0.0244. The second-order valence-corrected chi connectivity index (χ2v) is 8.25. The Balaban J connectivity index is 1.91. The minimum atomic E-state index is -4.41. The molecule has 0 saturated carbocycles. The van der Waals surface area contributed by atoms with E-state index < -0.39 is 28.7 Å². The van der Waals surface area contributed by atoms with Crippen LogP contribution in [0.5, 0.6) is 5.75 Å². The quantitative estimate of drug-likeness (QED) is 0.738. The number of sulfonamides is 1. The molecule has 1 heterocycles. The molecule has 1 amide bonds. The van der Waals surface area contributed by atoms with Crippen molar-refractivity contribution in [3.05, 3.63) is 46.8 Å². The topological polar surface area (TPSA) is 84.5 Å². The molecule has 1 aromatic carbocycles. The molecular weight excluding hydrogens is 393 g/mol. The Morgan fingerprint density at radius 1 is 1.15 bits per heavy atom. The fourth-order valence-electron chi connectivity index (χ4n) is 1.83. The van der Waals surface area contributed by atoms with E-state index in [9.17, 15) is 26.4 Å². The number of ether oxygens (including phenoxy) is 1. The van der Waals surface area contributed by atoms with Gasteiger partial charge in [-0.3, -0.25) is 4.79 Å². The van der Waals surface area contributed by atoms with Crippen molar-refractivity contribution < 1.29 is 31.1 Å². The van der Waals surface area contributed by atoms with E-state index in [1.807, 2.05) is 0 Å². The standard InChI is InChI=1S/C15H15F3N2O4S2/c1-19-26(22,23)13-7-6-12(25-13)14(21)20-8-10-2-4-11(5-3-10)24-9-15(16,17)18/h2-7,19H,8-9H2,1H3,(H,20,21). The van der Waals surface area contributed by atoms with Gasteiger partial charge in [0.25, 0.3) is 5.91 Å². The Morgan fingerprint density at radius 2 is 1.81 bits per heavy atom. The summed E-state index contributed by atoms with van der Waals surface area (Å²) < 4.78 is 66.3. The van der Waals surface area contributed by atoms with Crippen molar-refractivity contribution in [2.45, 2.75) is 16.9 Å². The SMILES string of the molecule is CNS(=O)(=O)c1ccc(C(=O)NCc2ccc(OCC(F)(F)F)cc2)s1. The van der Waals surface area contributed by atoms with E-state index in [0.717, 1.165) is 11.3 Å². The summed E-state index contributed by atoms with van der Waals surface area (Å²) in [6.45, 7) is -1.25. The molecule has 2 aromatic rings. The number of alkyl halides is 3. The first kappa shape index (κ1) is 20.2. The van der Waals surface area contributed by atoms with E-state index >= 15 is 0 Å². The van der Waals surface area contributed by atoms with Gasteiger partial charge >= 0.3 is 6.18 Å². The number of rotatable bonds is 7. The van der Waals surface area contributed by atoms with Crippen molar-refractivity contribution >= 4 is 27.3 Å². The summed E-state index contributed by atoms with van der Waals surface area (Å²) >= 11 is 0.830. The van der Waals surface area contributed by atoms with Crippen LogP contribution < -0.4 is 14.8 Å². The third kappa shape index (κ3) is 5.71. The Hall–Kier alpha value is -2.11. The molecule has 0 radical (unpaired) electrons. The van der Waals surface area contributed by atoms with Crippen LogP contribution in [-0.4, -0.2) is 34.2 Å². The zero-order valence-corrected chi connectivity index (χ0v) is 15.1. The molecule has 0 atom stereocenters. The highest BCUT2D eigenvalue weighted by Gasteiger charge is 2.28. The van der Waals surface area contributed by atoms with Crippen LogP contribution in [0.25, 0.3) is 0 Å². The largest absolute Gasteiger partial charge is 0.484 e. The molecule has 1 aromatic heterocycles. The molecule has 0 saturated heterocycles. The average Bonchev–Trinajstić information content (AvgIpc) is 3.09. The Bertz CT molecular complexity index is 862. The molecule has 0 unspecified atom stereocenters. The maximum atomic E-state index is 12.1. The lowest BCUT2D eigenvalue weighted by Gasteiger charge is -2.10. The minimum Gasteiger partial charge on any atom is -0.484 e. The molecule has 0 aliphatic heterocycles. The predicted molar refractivity (Wildman–Crippen MR) is 89.7 cm³/mol. The summed E-state index contributed by atoms with van der Waals surface area (Å²) in [5, 5.41) is 2.61. The summed E-state index contributed by atoms with van der Waals surface area (Å²) in [4.78, 5) is 12.3. The zero-order valence-electron chi connectivity index (χ0n) is 13.5. The lowest BCUT2D eigenvalue weighted by atomic mass is 10.2. The summed E-state index contributed by atoms with van der Waals surface area (Å²) in [6.07, 6.45) is -4.41. The summed E-state index contributed by atoms with van der Waals surface area (Å²) in [5.41, 5.74) is 0.650. The van der Waals surface area contributed by atoms with Gasteiger partial charge in [-0.1, -0.05) is 12.1 Å². The maximum Gasteiger partial charge on any atom is 0.422 e. The molecule has 0 fully saturated rings. The van der Waals surface area contributed by atoms with Gasteiger partial charge in [-0.05, 0) is 36.9 Å². The molecule has 26 heavy (non-hydrogen) atoms. The van der Waals surface area contributed by atoms with Gasteiger partial charge < -0.3 is 10.1 Å². The van der Waals surface area contributed by atoms with Gasteiger partial charge in [-0.25, -0.2) is 13.1 Å². The van der Waals surface area contributed by atoms with Crippen molar-refractivity contribution in [3.8, 4) is 5.75 Å². The van der Waals surface area contributed by atoms with Crippen LogP contribution in [0.3, 0.4) is 0 Å². The van der Waals surface area contributed by atoms with Gasteiger partial charge in [-0.15, -0.1) is 11.3 Å². The number of carbonyl (C=O) groups is 1. The smallest absolute Gasteiger partial charge is 0.422 e. The molecular formula is C15H15F3N2O4S2. The van der Waals surface area contributed by atoms with Gasteiger partial charge in [0.05, 0.1) is 4.88 Å². The second-order valence-electron chi connectivity index (χ2n) is 5.06. The van der Waals surface area contributed by atoms with Crippen molar-refractivity contribution in [2.75, 3.05) is 13.7 Å². The van der Waals surface area contributed by atoms with Gasteiger partial charge in [0, 0.05) is 6.54 Å². The average molecular weight is 408 g/mol. The van der Waals surface area contributed by atoms with Crippen LogP contribution in [0.1, 0.15) is 15.2 Å². The van der Waals surface area contributed by atoms with Gasteiger partial charge in [0.1, 0.15) is 9.96 Å². The number of nitrogens with one attached hydrogen (secondary N) is 2. The lowest BCUT2D eigenvalue weighted by molar-refractivity contribution is -0.153. The number of thiophene rings is 1. The molecule has 2 N–H and O–H groups in total.